The predicted octanol–water partition coefficient (Wildman–Crippen LogP) is 1.46. The zero-order chi connectivity index (χ0) is 18.7. The number of nitrogens with one attached hydrogen (secondary N) is 2. The van der Waals surface area contributed by atoms with Crippen molar-refractivity contribution in [2.24, 2.45) is 7.05 Å². The lowest BCUT2D eigenvalue weighted by Gasteiger charge is -2.41. The van der Waals surface area contributed by atoms with Crippen LogP contribution in [0.1, 0.15) is 5.56 Å². The second-order valence-corrected chi connectivity index (χ2v) is 6.08. The van der Waals surface area contributed by atoms with Crippen molar-refractivity contribution in [3.05, 3.63) is 58.3 Å². The summed E-state index contributed by atoms with van der Waals surface area (Å²) < 4.78 is 27.1. The lowest BCUT2D eigenvalue weighted by atomic mass is 10.1. The molecule has 0 amide bonds. The lowest BCUT2D eigenvalue weighted by molar-refractivity contribution is 0.165. The van der Waals surface area contributed by atoms with Gasteiger partial charge >= 0.3 is 0 Å². The number of aromatic nitrogens is 1. The molecule has 1 aromatic heterocycles. The SMILES string of the molecule is CNC(=N)OCc1cccc(N2CC(Oc3ccc(=O)n(C)c3)C2)c1F. The van der Waals surface area contributed by atoms with Crippen molar-refractivity contribution in [1.82, 2.24) is 9.88 Å². The Morgan fingerprint density at radius 3 is 2.81 bits per heavy atom. The van der Waals surface area contributed by atoms with E-state index in [1.54, 1.807) is 44.6 Å². The number of amidine groups is 1. The van der Waals surface area contributed by atoms with E-state index in [4.69, 9.17) is 14.9 Å². The van der Waals surface area contributed by atoms with Crippen molar-refractivity contribution < 1.29 is 13.9 Å². The van der Waals surface area contributed by atoms with Gasteiger partial charge in [0.15, 0.2) is 5.82 Å². The van der Waals surface area contributed by atoms with Crippen LogP contribution in [0.4, 0.5) is 10.1 Å². The summed E-state index contributed by atoms with van der Waals surface area (Å²) in [4.78, 5) is 13.3. The smallest absolute Gasteiger partial charge is 0.281 e. The van der Waals surface area contributed by atoms with Crippen molar-refractivity contribution in [2.75, 3.05) is 25.0 Å². The molecule has 3 rings (SSSR count). The van der Waals surface area contributed by atoms with Crippen LogP contribution in [0.2, 0.25) is 0 Å². The summed E-state index contributed by atoms with van der Waals surface area (Å²) in [5.41, 5.74) is 0.785. The molecule has 1 aromatic carbocycles. The van der Waals surface area contributed by atoms with Crippen LogP contribution in [-0.2, 0) is 18.4 Å². The van der Waals surface area contributed by atoms with Crippen LogP contribution in [-0.4, -0.2) is 36.8 Å². The Morgan fingerprint density at radius 2 is 2.12 bits per heavy atom. The van der Waals surface area contributed by atoms with Gasteiger partial charge in [-0.1, -0.05) is 12.1 Å². The molecule has 7 nitrogen and oxygen atoms in total. The Hall–Kier alpha value is -3.03. The van der Waals surface area contributed by atoms with Gasteiger partial charge in [0, 0.05) is 31.9 Å². The van der Waals surface area contributed by atoms with Crippen molar-refractivity contribution >= 4 is 11.7 Å². The number of anilines is 1. The predicted molar refractivity (Wildman–Crippen MR) is 96.3 cm³/mol. The number of hydrogen-bond acceptors (Lipinski definition) is 5. The third-order valence-corrected chi connectivity index (χ3v) is 4.21. The number of pyridine rings is 1. The molecule has 2 heterocycles. The molecule has 0 atom stereocenters. The van der Waals surface area contributed by atoms with Gasteiger partial charge in [0.05, 0.1) is 18.8 Å². The third kappa shape index (κ3) is 3.79. The molecule has 0 aliphatic carbocycles. The first kappa shape index (κ1) is 17.8. The first-order valence-electron chi connectivity index (χ1n) is 8.22. The van der Waals surface area contributed by atoms with Gasteiger partial charge in [-0.3, -0.25) is 10.2 Å². The standard InChI is InChI=1S/C18H21FN4O3/c1-21-18(20)25-11-12-4-3-5-15(17(12)19)23-9-14(10-23)26-13-6-7-16(24)22(2)8-13/h3-8,14H,9-11H2,1-2H3,(H2,20,21). The van der Waals surface area contributed by atoms with Crippen molar-refractivity contribution in [1.29, 1.82) is 5.41 Å². The molecule has 0 unspecified atom stereocenters. The normalized spacial score (nSPS) is 13.9. The molecule has 26 heavy (non-hydrogen) atoms. The molecule has 2 N–H and O–H groups in total. The number of benzene rings is 1. The summed E-state index contributed by atoms with van der Waals surface area (Å²) in [5.74, 6) is 0.266. The maximum atomic E-state index is 14.7. The Balaban J connectivity index is 1.60. The van der Waals surface area contributed by atoms with Gasteiger partial charge < -0.3 is 24.3 Å². The van der Waals surface area contributed by atoms with Gasteiger partial charge in [0.2, 0.25) is 5.56 Å². The minimum atomic E-state index is -0.350. The second kappa shape index (κ2) is 7.47. The summed E-state index contributed by atoms with van der Waals surface area (Å²) in [6, 6.07) is 8.11. The number of aryl methyl sites for hydroxylation is 1. The maximum Gasteiger partial charge on any atom is 0.281 e. The van der Waals surface area contributed by atoms with E-state index in [2.05, 4.69) is 5.32 Å². The van der Waals surface area contributed by atoms with Crippen LogP contribution < -0.4 is 20.5 Å². The minimum Gasteiger partial charge on any atom is -0.485 e. The van der Waals surface area contributed by atoms with Crippen molar-refractivity contribution in [2.45, 2.75) is 12.7 Å². The first-order valence-corrected chi connectivity index (χ1v) is 8.22. The van der Waals surface area contributed by atoms with E-state index in [1.165, 1.54) is 10.6 Å². The number of hydrogen-bond donors (Lipinski definition) is 2. The largest absolute Gasteiger partial charge is 0.485 e. The molecular formula is C18H21FN4O3. The topological polar surface area (TPSA) is 79.6 Å². The maximum absolute atomic E-state index is 14.7. The zero-order valence-electron chi connectivity index (χ0n) is 14.7. The fourth-order valence-corrected chi connectivity index (χ4v) is 2.68. The van der Waals surface area contributed by atoms with Crippen LogP contribution >= 0.6 is 0 Å². The molecule has 138 valence electrons. The van der Waals surface area contributed by atoms with Gasteiger partial charge in [-0.2, -0.15) is 0 Å². The highest BCUT2D eigenvalue weighted by Crippen LogP contribution is 2.28. The molecule has 8 heteroatoms. The zero-order valence-corrected chi connectivity index (χ0v) is 14.7. The average Bonchev–Trinajstić information content (AvgIpc) is 2.60. The molecule has 1 aliphatic rings. The second-order valence-electron chi connectivity index (χ2n) is 6.08. The Labute approximate surface area is 150 Å². The van der Waals surface area contributed by atoms with Gasteiger partial charge in [0.25, 0.3) is 6.02 Å². The van der Waals surface area contributed by atoms with E-state index in [0.29, 0.717) is 30.1 Å². The summed E-state index contributed by atoms with van der Waals surface area (Å²) >= 11 is 0. The van der Waals surface area contributed by atoms with Crippen molar-refractivity contribution in [3.63, 3.8) is 0 Å². The quantitative estimate of drug-likeness (QED) is 0.623. The first-order chi connectivity index (χ1) is 12.5. The van der Waals surface area contributed by atoms with Crippen LogP contribution in [0.3, 0.4) is 0 Å². The number of nitrogens with zero attached hydrogens (tertiary/aromatic N) is 2. The van der Waals surface area contributed by atoms with Gasteiger partial charge in [-0.05, 0) is 12.1 Å². The highest BCUT2D eigenvalue weighted by atomic mass is 19.1. The molecule has 1 aliphatic heterocycles. The lowest BCUT2D eigenvalue weighted by Crippen LogP contribution is -2.54. The monoisotopic (exact) mass is 360 g/mol. The molecule has 0 bridgehead atoms. The van der Waals surface area contributed by atoms with E-state index >= 15 is 0 Å². The average molecular weight is 360 g/mol. The van der Waals surface area contributed by atoms with Gasteiger partial charge in [0.1, 0.15) is 18.5 Å². The van der Waals surface area contributed by atoms with Crippen LogP contribution in [0.15, 0.2) is 41.3 Å². The third-order valence-electron chi connectivity index (χ3n) is 4.21. The summed E-state index contributed by atoms with van der Waals surface area (Å²) in [5, 5.41) is 9.94. The van der Waals surface area contributed by atoms with E-state index in [-0.39, 0.29) is 30.1 Å². The highest BCUT2D eigenvalue weighted by Gasteiger charge is 2.31. The number of ether oxygens (including phenoxy) is 2. The van der Waals surface area contributed by atoms with Gasteiger partial charge in [-0.25, -0.2) is 4.39 Å². The number of rotatable bonds is 5. The summed E-state index contributed by atoms with van der Waals surface area (Å²) in [6.07, 6.45) is 1.57. The molecule has 1 saturated heterocycles. The Bertz CT molecular complexity index is 862. The van der Waals surface area contributed by atoms with Crippen LogP contribution in [0.25, 0.3) is 0 Å². The Kier molecular flexibility index (Phi) is 5.11. The van der Waals surface area contributed by atoms with E-state index < -0.39 is 0 Å². The molecule has 1 fully saturated rings. The van der Waals surface area contributed by atoms with Crippen LogP contribution in [0.5, 0.6) is 5.75 Å². The molecule has 2 aromatic rings. The van der Waals surface area contributed by atoms with E-state index in [1.807, 2.05) is 4.90 Å². The van der Waals surface area contributed by atoms with Crippen molar-refractivity contribution in [3.8, 4) is 5.75 Å². The molecule has 0 saturated carbocycles. The fourth-order valence-electron chi connectivity index (χ4n) is 2.68. The van der Waals surface area contributed by atoms with Gasteiger partial charge in [-0.15, -0.1) is 0 Å². The summed E-state index contributed by atoms with van der Waals surface area (Å²) in [7, 11) is 3.24. The van der Waals surface area contributed by atoms with Crippen LogP contribution in [0, 0.1) is 11.2 Å². The van der Waals surface area contributed by atoms with E-state index in [0.717, 1.165) is 0 Å². The minimum absolute atomic E-state index is 0.00877. The number of halogens is 1. The van der Waals surface area contributed by atoms with E-state index in [9.17, 15) is 9.18 Å². The fraction of sp³-hybridized carbons (Fsp3) is 0.333. The molecule has 0 spiro atoms. The summed E-state index contributed by atoms with van der Waals surface area (Å²) in [6.45, 7) is 1.10. The molecule has 0 radical (unpaired) electrons. The molecular weight excluding hydrogens is 339 g/mol. The highest BCUT2D eigenvalue weighted by molar-refractivity contribution is 5.69. The Morgan fingerprint density at radius 1 is 1.35 bits per heavy atom.